The van der Waals surface area contributed by atoms with Gasteiger partial charge in [0.15, 0.2) is 17.8 Å². The van der Waals surface area contributed by atoms with Crippen LogP contribution in [0.4, 0.5) is 0 Å². The first-order chi connectivity index (χ1) is 11.6. The maximum Gasteiger partial charge on any atom is 0.428 e. The Bertz CT molecular complexity index is 735. The van der Waals surface area contributed by atoms with Crippen LogP contribution in [0.1, 0.15) is 6.42 Å². The number of hydrogen-bond donors (Lipinski definition) is 3. The number of nitrogens with zero attached hydrogens (tertiary/aromatic N) is 1. The maximum atomic E-state index is 12.2. The molecule has 0 aromatic heterocycles. The second-order valence-corrected chi connectivity index (χ2v) is 9.62. The molecule has 1 saturated heterocycles. The van der Waals surface area contributed by atoms with Crippen molar-refractivity contribution in [1.29, 1.82) is 0 Å². The van der Waals surface area contributed by atoms with Crippen molar-refractivity contribution in [3.05, 3.63) is 23.4 Å². The lowest BCUT2D eigenvalue weighted by Crippen LogP contribution is -2.50. The second-order valence-electron chi connectivity index (χ2n) is 5.42. The van der Waals surface area contributed by atoms with Gasteiger partial charge in [-0.15, -0.1) is 0 Å². The molecule has 1 amide bonds. The lowest BCUT2D eigenvalue weighted by Gasteiger charge is -2.38. The molecule has 1 fully saturated rings. The van der Waals surface area contributed by atoms with Gasteiger partial charge in [0, 0.05) is 34.3 Å². The highest BCUT2D eigenvalue weighted by atomic mass is 35.9. The van der Waals surface area contributed by atoms with Crippen molar-refractivity contribution in [3.63, 3.8) is 0 Å². The van der Waals surface area contributed by atoms with E-state index in [0.717, 1.165) is 0 Å². The fraction of sp³-hybridized carbons (Fsp3) is 0.500. The van der Waals surface area contributed by atoms with E-state index in [-0.39, 0.29) is 23.6 Å². The van der Waals surface area contributed by atoms with E-state index >= 15 is 0 Å². The molecule has 2 unspecified atom stereocenters. The first kappa shape index (κ1) is 18.5. The molecular weight excluding hydrogens is 402 g/mol. The lowest BCUT2D eigenvalue weighted by molar-refractivity contribution is -0.140. The Labute approximate surface area is 150 Å². The Morgan fingerprint density at radius 1 is 1.44 bits per heavy atom. The van der Waals surface area contributed by atoms with Crippen LogP contribution in [-0.4, -0.2) is 58.6 Å². The SMILES string of the molecule is COC(=O)CC1=CN2C(=C(OP(=O)(Cl)Cl)[C@H]3O[C@@H]2C(O)C3O)NC1=O. The minimum Gasteiger partial charge on any atom is -0.469 e. The summed E-state index contributed by atoms with van der Waals surface area (Å²) in [4.78, 5) is 24.9. The van der Waals surface area contributed by atoms with E-state index in [1.54, 1.807) is 0 Å². The summed E-state index contributed by atoms with van der Waals surface area (Å²) >= 11 is 10.9. The molecule has 0 spiro atoms. The molecule has 3 N–H and O–H groups in total. The van der Waals surface area contributed by atoms with Crippen LogP contribution in [0.2, 0.25) is 0 Å². The van der Waals surface area contributed by atoms with Gasteiger partial charge >= 0.3 is 12.0 Å². The summed E-state index contributed by atoms with van der Waals surface area (Å²) in [5.41, 5.74) is 0.0190. The number of halogens is 2. The zero-order valence-corrected chi connectivity index (χ0v) is 15.0. The topological polar surface area (TPSA) is 135 Å². The van der Waals surface area contributed by atoms with Gasteiger partial charge in [-0.25, -0.2) is 4.57 Å². The molecule has 3 aliphatic rings. The van der Waals surface area contributed by atoms with E-state index in [2.05, 4.69) is 10.1 Å². The third-order valence-electron chi connectivity index (χ3n) is 3.85. The molecule has 3 heterocycles. The van der Waals surface area contributed by atoms with Gasteiger partial charge < -0.3 is 34.4 Å². The number of esters is 1. The van der Waals surface area contributed by atoms with Crippen LogP contribution in [0.25, 0.3) is 0 Å². The number of nitrogens with one attached hydrogen (secondary N) is 1. The lowest BCUT2D eigenvalue weighted by atomic mass is 10.1. The molecule has 10 nitrogen and oxygen atoms in total. The number of amides is 1. The molecule has 13 heteroatoms. The predicted molar refractivity (Wildman–Crippen MR) is 82.8 cm³/mol. The quantitative estimate of drug-likeness (QED) is 0.432. The van der Waals surface area contributed by atoms with Crippen molar-refractivity contribution in [2.24, 2.45) is 0 Å². The molecule has 0 radical (unpaired) electrons. The van der Waals surface area contributed by atoms with Crippen molar-refractivity contribution in [2.45, 2.75) is 31.0 Å². The highest BCUT2D eigenvalue weighted by molar-refractivity contribution is 8.05. The number of carbonyl (C=O) groups is 2. The molecule has 0 aromatic carbocycles. The average molecular weight is 415 g/mol. The normalized spacial score (nSPS) is 31.3. The monoisotopic (exact) mass is 414 g/mol. The summed E-state index contributed by atoms with van der Waals surface area (Å²) in [6, 6.07) is 0. The van der Waals surface area contributed by atoms with Gasteiger partial charge in [-0.3, -0.25) is 9.59 Å². The summed E-state index contributed by atoms with van der Waals surface area (Å²) in [5.74, 6) is -1.64. The second kappa shape index (κ2) is 6.46. The molecular formula is C12H13Cl2N2O8P. The molecule has 0 aromatic rings. The van der Waals surface area contributed by atoms with E-state index in [9.17, 15) is 24.4 Å². The smallest absolute Gasteiger partial charge is 0.428 e. The molecule has 3 aliphatic heterocycles. The number of methoxy groups -OCH3 is 1. The van der Waals surface area contributed by atoms with Crippen LogP contribution in [-0.2, 0) is 28.2 Å². The molecule has 138 valence electrons. The Morgan fingerprint density at radius 2 is 2.12 bits per heavy atom. The van der Waals surface area contributed by atoms with Crippen LogP contribution < -0.4 is 5.32 Å². The number of rotatable bonds is 4. The summed E-state index contributed by atoms with van der Waals surface area (Å²) in [6.07, 6.45) is -8.30. The molecule has 25 heavy (non-hydrogen) atoms. The number of hydrogen-bond acceptors (Lipinski definition) is 9. The van der Waals surface area contributed by atoms with Crippen LogP contribution in [0, 0.1) is 0 Å². The molecule has 4 atom stereocenters. The number of fused-ring (bicyclic) bond motifs is 4. The number of carbonyl (C=O) groups excluding carboxylic acids is 2. The van der Waals surface area contributed by atoms with Crippen molar-refractivity contribution < 1.29 is 38.4 Å². The zero-order valence-electron chi connectivity index (χ0n) is 12.6. The van der Waals surface area contributed by atoms with Gasteiger partial charge in [-0.1, -0.05) is 0 Å². The van der Waals surface area contributed by atoms with Crippen molar-refractivity contribution in [2.75, 3.05) is 7.11 Å². The van der Waals surface area contributed by atoms with E-state index < -0.39 is 42.5 Å². The maximum absolute atomic E-state index is 12.2. The molecule has 0 aliphatic carbocycles. The summed E-state index contributed by atoms with van der Waals surface area (Å²) in [6.45, 7) is 0. The van der Waals surface area contributed by atoms with E-state index in [1.807, 2.05) is 0 Å². The first-order valence-corrected chi connectivity index (χ1v) is 10.4. The molecule has 0 saturated carbocycles. The Kier molecular flexibility index (Phi) is 4.78. The van der Waals surface area contributed by atoms with Crippen molar-refractivity contribution in [1.82, 2.24) is 10.2 Å². The number of aliphatic hydroxyl groups excluding tert-OH is 2. The van der Waals surface area contributed by atoms with Gasteiger partial charge in [-0.05, 0) is 0 Å². The Morgan fingerprint density at radius 3 is 2.72 bits per heavy atom. The fourth-order valence-electron chi connectivity index (χ4n) is 2.74. The van der Waals surface area contributed by atoms with Crippen molar-refractivity contribution in [3.8, 4) is 0 Å². The van der Waals surface area contributed by atoms with Crippen LogP contribution in [0.5, 0.6) is 0 Å². The minimum atomic E-state index is -4.10. The minimum absolute atomic E-state index is 0.0190. The third-order valence-corrected chi connectivity index (χ3v) is 4.67. The largest absolute Gasteiger partial charge is 0.469 e. The van der Waals surface area contributed by atoms with Gasteiger partial charge in [0.2, 0.25) is 0 Å². The van der Waals surface area contributed by atoms with Crippen molar-refractivity contribution >= 4 is 40.4 Å². The van der Waals surface area contributed by atoms with E-state index in [4.69, 9.17) is 31.7 Å². The zero-order chi connectivity index (χ0) is 18.5. The van der Waals surface area contributed by atoms with Gasteiger partial charge in [-0.2, -0.15) is 0 Å². The average Bonchev–Trinajstić information content (AvgIpc) is 2.78. The van der Waals surface area contributed by atoms with Gasteiger partial charge in [0.1, 0.15) is 18.3 Å². The molecule has 3 rings (SSSR count). The number of aliphatic hydroxyl groups is 2. The highest BCUT2D eigenvalue weighted by Crippen LogP contribution is 2.61. The number of ether oxygens (including phenoxy) is 2. The summed E-state index contributed by atoms with van der Waals surface area (Å²) < 4.78 is 26.6. The summed E-state index contributed by atoms with van der Waals surface area (Å²) in [5, 5.41) is 22.7. The van der Waals surface area contributed by atoms with E-state index in [0.29, 0.717) is 0 Å². The first-order valence-electron chi connectivity index (χ1n) is 6.94. The standard InChI is InChI=1S/C12H13Cl2N2O8P/c1-22-5(17)2-4-3-16-10(15-11(4)20)9(24-25(13,14)21)8-6(18)7(19)12(16)23-8/h3,6-8,12,18-19H,2H2,1H3,(H,15,20)/t6?,7?,8-,12+/m0/s1. The van der Waals surface area contributed by atoms with E-state index in [1.165, 1.54) is 18.2 Å². The molecule has 2 bridgehead atoms. The Balaban J connectivity index is 2.04. The van der Waals surface area contributed by atoms with Crippen LogP contribution in [0.15, 0.2) is 23.4 Å². The van der Waals surface area contributed by atoms with Gasteiger partial charge in [0.25, 0.3) is 5.91 Å². The summed E-state index contributed by atoms with van der Waals surface area (Å²) in [7, 11) is 1.17. The van der Waals surface area contributed by atoms with Crippen LogP contribution >= 0.6 is 28.6 Å². The Hall–Kier alpha value is -1.29. The predicted octanol–water partition coefficient (Wildman–Crippen LogP) is 0.0969. The third kappa shape index (κ3) is 3.38. The van der Waals surface area contributed by atoms with Gasteiger partial charge in [0.05, 0.1) is 13.5 Å². The van der Waals surface area contributed by atoms with Crippen LogP contribution in [0.3, 0.4) is 0 Å². The fourth-order valence-corrected chi connectivity index (χ4v) is 3.60. The highest BCUT2D eigenvalue weighted by Gasteiger charge is 2.55.